The van der Waals surface area contributed by atoms with Gasteiger partial charge in [-0.25, -0.2) is 0 Å². The highest BCUT2D eigenvalue weighted by Crippen LogP contribution is 2.51. The molecule has 5 nitrogen and oxygen atoms in total. The van der Waals surface area contributed by atoms with Gasteiger partial charge in [-0.1, -0.05) is 60.7 Å². The minimum Gasteiger partial charge on any atom is -0.351 e. The fourth-order valence-corrected chi connectivity index (χ4v) is 5.27. The number of nitrogens with zero attached hydrogens (tertiary/aromatic N) is 2. The molecule has 0 spiro atoms. The van der Waals surface area contributed by atoms with E-state index in [4.69, 9.17) is 0 Å². The molecule has 2 aromatic rings. The largest absolute Gasteiger partial charge is 0.351 e. The van der Waals surface area contributed by atoms with Crippen molar-refractivity contribution >= 4 is 11.8 Å². The highest BCUT2D eigenvalue weighted by Gasteiger charge is 2.59. The summed E-state index contributed by atoms with van der Waals surface area (Å²) in [5.41, 5.74) is 1.79. The van der Waals surface area contributed by atoms with Crippen LogP contribution in [0.25, 0.3) is 0 Å². The first-order chi connectivity index (χ1) is 14.5. The molecular formula is C25H31N3O2. The normalized spacial score (nSPS) is 25.3. The van der Waals surface area contributed by atoms with Gasteiger partial charge in [0.1, 0.15) is 0 Å². The second-order valence-corrected chi connectivity index (χ2v) is 8.90. The van der Waals surface area contributed by atoms with Crippen LogP contribution in [0.1, 0.15) is 30.4 Å². The molecule has 2 saturated heterocycles. The van der Waals surface area contributed by atoms with Gasteiger partial charge in [0.05, 0.1) is 12.0 Å². The number of carbonyl (C=O) groups is 2. The van der Waals surface area contributed by atoms with Crippen LogP contribution in [-0.2, 0) is 22.6 Å². The van der Waals surface area contributed by atoms with E-state index in [0.717, 1.165) is 24.8 Å². The number of likely N-dealkylation sites (N-methyl/N-ethyl adjacent to an activating group) is 1. The van der Waals surface area contributed by atoms with Gasteiger partial charge in [0.25, 0.3) is 0 Å². The van der Waals surface area contributed by atoms with Crippen LogP contribution in [0.2, 0.25) is 0 Å². The molecular weight excluding hydrogens is 374 g/mol. The van der Waals surface area contributed by atoms with Crippen LogP contribution in [0.3, 0.4) is 0 Å². The van der Waals surface area contributed by atoms with Crippen LogP contribution >= 0.6 is 0 Å². The Kier molecular flexibility index (Phi) is 5.91. The van der Waals surface area contributed by atoms with Gasteiger partial charge in [0.15, 0.2) is 0 Å². The zero-order valence-electron chi connectivity index (χ0n) is 17.9. The highest BCUT2D eigenvalue weighted by molar-refractivity contribution is 5.85. The van der Waals surface area contributed by atoms with Crippen molar-refractivity contribution in [1.82, 2.24) is 15.1 Å². The van der Waals surface area contributed by atoms with Crippen LogP contribution in [0.15, 0.2) is 60.7 Å². The Morgan fingerprint density at radius 3 is 2.27 bits per heavy atom. The average molecular weight is 406 g/mol. The molecule has 3 atom stereocenters. The molecule has 0 aromatic heterocycles. The number of fused-ring (bicyclic) bond motifs is 2. The predicted octanol–water partition coefficient (Wildman–Crippen LogP) is 2.86. The Bertz CT molecular complexity index is 884. The number of hydrogen-bond donors (Lipinski definition) is 1. The Morgan fingerprint density at radius 1 is 1.00 bits per heavy atom. The summed E-state index contributed by atoms with van der Waals surface area (Å²) in [6.45, 7) is 0.926. The number of benzene rings is 2. The molecule has 1 N–H and O–H groups in total. The second-order valence-electron chi connectivity index (χ2n) is 8.90. The van der Waals surface area contributed by atoms with Gasteiger partial charge in [-0.3, -0.25) is 14.5 Å². The number of carbonyl (C=O) groups excluding carboxylic acids is 2. The lowest BCUT2D eigenvalue weighted by molar-refractivity contribution is -0.135. The van der Waals surface area contributed by atoms with Gasteiger partial charge in [-0.2, -0.15) is 0 Å². The fraction of sp³-hybridized carbons (Fsp3) is 0.440. The monoisotopic (exact) mass is 405 g/mol. The standard InChI is InChI=1S/C25H31N3O2/c1-27(2)23(29)18-28-21-13-14-22(28)25(16-21,15-19-9-5-3-6-10-19)24(30)26-17-20-11-7-4-8-12-20/h3-12,21-22H,13-18H2,1-2H3,(H,26,30)/t21-,22+,25+/m1/s1. The Balaban J connectivity index is 1.58. The lowest BCUT2D eigenvalue weighted by Gasteiger charge is -2.36. The number of hydrogen-bond acceptors (Lipinski definition) is 3. The summed E-state index contributed by atoms with van der Waals surface area (Å²) >= 11 is 0. The van der Waals surface area contributed by atoms with Gasteiger partial charge in [-0.05, 0) is 36.8 Å². The molecule has 4 rings (SSSR count). The SMILES string of the molecule is CN(C)C(=O)CN1[C@@H]2CC[C@H]1[C@@](Cc1ccccc1)(C(=O)NCc1ccccc1)C2. The van der Waals surface area contributed by atoms with E-state index >= 15 is 0 Å². The molecule has 2 aliphatic heterocycles. The maximum atomic E-state index is 13.7. The van der Waals surface area contributed by atoms with Gasteiger partial charge >= 0.3 is 0 Å². The van der Waals surface area contributed by atoms with E-state index < -0.39 is 5.41 Å². The first kappa shape index (κ1) is 20.6. The molecule has 2 aliphatic rings. The molecule has 0 saturated carbocycles. The van der Waals surface area contributed by atoms with Crippen molar-refractivity contribution in [3.05, 3.63) is 71.8 Å². The van der Waals surface area contributed by atoms with Gasteiger partial charge in [0.2, 0.25) is 11.8 Å². The molecule has 5 heteroatoms. The second kappa shape index (κ2) is 8.60. The summed E-state index contributed by atoms with van der Waals surface area (Å²) in [5, 5.41) is 3.22. The van der Waals surface area contributed by atoms with Crippen molar-refractivity contribution in [2.45, 2.75) is 44.3 Å². The maximum absolute atomic E-state index is 13.7. The van der Waals surface area contributed by atoms with Gasteiger partial charge < -0.3 is 10.2 Å². The lowest BCUT2D eigenvalue weighted by Crippen LogP contribution is -2.51. The first-order valence-electron chi connectivity index (χ1n) is 10.8. The highest BCUT2D eigenvalue weighted by atomic mass is 16.2. The average Bonchev–Trinajstić information content (AvgIpc) is 3.28. The van der Waals surface area contributed by atoms with Crippen LogP contribution in [0.4, 0.5) is 0 Å². The van der Waals surface area contributed by atoms with E-state index in [0.29, 0.717) is 25.6 Å². The zero-order valence-corrected chi connectivity index (χ0v) is 17.9. The first-order valence-corrected chi connectivity index (χ1v) is 10.8. The van der Waals surface area contributed by atoms with E-state index in [1.54, 1.807) is 19.0 Å². The smallest absolute Gasteiger partial charge is 0.236 e. The minimum absolute atomic E-state index is 0.0994. The molecule has 30 heavy (non-hydrogen) atoms. The van der Waals surface area contributed by atoms with Crippen molar-refractivity contribution in [3.63, 3.8) is 0 Å². The third-order valence-corrected chi connectivity index (χ3v) is 6.81. The van der Waals surface area contributed by atoms with Crippen molar-refractivity contribution in [1.29, 1.82) is 0 Å². The van der Waals surface area contributed by atoms with Crippen molar-refractivity contribution in [2.75, 3.05) is 20.6 Å². The Labute approximate surface area is 179 Å². The van der Waals surface area contributed by atoms with Crippen LogP contribution in [0.5, 0.6) is 0 Å². The molecule has 158 valence electrons. The summed E-state index contributed by atoms with van der Waals surface area (Å²) < 4.78 is 0. The van der Waals surface area contributed by atoms with Crippen LogP contribution in [-0.4, -0.2) is 54.3 Å². The Morgan fingerprint density at radius 2 is 1.63 bits per heavy atom. The summed E-state index contributed by atoms with van der Waals surface area (Å²) in [4.78, 5) is 30.1. The molecule has 2 bridgehead atoms. The lowest BCUT2D eigenvalue weighted by atomic mass is 9.69. The summed E-state index contributed by atoms with van der Waals surface area (Å²) in [7, 11) is 3.59. The topological polar surface area (TPSA) is 52.7 Å². The van der Waals surface area contributed by atoms with Crippen molar-refractivity contribution < 1.29 is 9.59 Å². The van der Waals surface area contributed by atoms with E-state index in [1.807, 2.05) is 48.5 Å². The third-order valence-electron chi connectivity index (χ3n) is 6.81. The molecule has 0 radical (unpaired) electrons. The summed E-state index contributed by atoms with van der Waals surface area (Å²) in [6, 6.07) is 20.7. The quantitative estimate of drug-likeness (QED) is 0.771. The zero-order chi connectivity index (χ0) is 21.1. The van der Waals surface area contributed by atoms with Crippen LogP contribution in [0, 0.1) is 5.41 Å². The summed E-state index contributed by atoms with van der Waals surface area (Å²) in [6.07, 6.45) is 3.56. The molecule has 2 amide bonds. The van der Waals surface area contributed by atoms with E-state index in [9.17, 15) is 9.59 Å². The molecule has 2 heterocycles. The molecule has 2 aromatic carbocycles. The third kappa shape index (κ3) is 3.99. The van der Waals surface area contributed by atoms with E-state index in [2.05, 4.69) is 22.3 Å². The number of nitrogens with one attached hydrogen (secondary N) is 1. The Hall–Kier alpha value is -2.66. The minimum atomic E-state index is -0.494. The summed E-state index contributed by atoms with van der Waals surface area (Å²) in [5.74, 6) is 0.219. The molecule has 0 unspecified atom stereocenters. The number of rotatable bonds is 7. The fourth-order valence-electron chi connectivity index (χ4n) is 5.27. The van der Waals surface area contributed by atoms with E-state index in [1.165, 1.54) is 5.56 Å². The van der Waals surface area contributed by atoms with Crippen LogP contribution < -0.4 is 5.32 Å². The number of amides is 2. The van der Waals surface area contributed by atoms with Gasteiger partial charge in [0, 0.05) is 32.7 Å². The molecule has 0 aliphatic carbocycles. The molecule has 2 fully saturated rings. The predicted molar refractivity (Wildman–Crippen MR) is 118 cm³/mol. The van der Waals surface area contributed by atoms with E-state index in [-0.39, 0.29) is 17.9 Å². The van der Waals surface area contributed by atoms with Crippen molar-refractivity contribution in [3.8, 4) is 0 Å². The maximum Gasteiger partial charge on any atom is 0.236 e. The van der Waals surface area contributed by atoms with Crippen molar-refractivity contribution in [2.24, 2.45) is 5.41 Å². The van der Waals surface area contributed by atoms with Gasteiger partial charge in [-0.15, -0.1) is 0 Å².